The van der Waals surface area contributed by atoms with Crippen LogP contribution in [0.25, 0.3) is 0 Å². The van der Waals surface area contributed by atoms with Crippen molar-refractivity contribution < 1.29 is 14.0 Å². The fraction of sp³-hybridized carbons (Fsp3) is 0.385. The molecule has 3 nitrogen and oxygen atoms in total. The lowest BCUT2D eigenvalue weighted by atomic mass is 9.75. The van der Waals surface area contributed by atoms with E-state index in [-0.39, 0.29) is 12.3 Å². The van der Waals surface area contributed by atoms with Gasteiger partial charge < -0.3 is 0 Å². The second kappa shape index (κ2) is 3.95. The molecule has 1 unspecified atom stereocenters. The molecule has 1 saturated heterocycles. The number of carbonyl (C=O) groups excluding carboxylic acids is 2. The van der Waals surface area contributed by atoms with Gasteiger partial charge in [0, 0.05) is 12.0 Å². The number of hydrogen-bond donors (Lipinski definition) is 1. The van der Waals surface area contributed by atoms with Gasteiger partial charge in [-0.05, 0) is 31.9 Å². The molecule has 0 bridgehead atoms. The molecule has 0 aromatic heterocycles. The molecular formula is C13H14FNO2. The van der Waals surface area contributed by atoms with E-state index in [0.717, 1.165) is 5.56 Å². The highest BCUT2D eigenvalue weighted by atomic mass is 19.1. The summed E-state index contributed by atoms with van der Waals surface area (Å²) < 4.78 is 13.9. The summed E-state index contributed by atoms with van der Waals surface area (Å²) >= 11 is 0. The first-order valence-electron chi connectivity index (χ1n) is 5.54. The summed E-state index contributed by atoms with van der Waals surface area (Å²) in [5.41, 5.74) is 0.210. The first-order chi connectivity index (χ1) is 7.93. The molecule has 1 aromatic carbocycles. The van der Waals surface area contributed by atoms with Gasteiger partial charge in [-0.3, -0.25) is 14.9 Å². The van der Waals surface area contributed by atoms with Crippen LogP contribution in [-0.2, 0) is 15.0 Å². The SMILES string of the molecule is Cc1ccc(C2(C)CCC(=O)NC2=O)c(F)c1. The molecule has 0 aliphatic carbocycles. The minimum atomic E-state index is -0.953. The molecule has 2 rings (SSSR count). The van der Waals surface area contributed by atoms with E-state index in [4.69, 9.17) is 0 Å². The Labute approximate surface area is 99.0 Å². The lowest BCUT2D eigenvalue weighted by Gasteiger charge is -2.32. The van der Waals surface area contributed by atoms with Crippen LogP contribution in [0.5, 0.6) is 0 Å². The van der Waals surface area contributed by atoms with Crippen molar-refractivity contribution in [2.45, 2.75) is 32.1 Å². The molecule has 1 atom stereocenters. The first-order valence-corrected chi connectivity index (χ1v) is 5.54. The van der Waals surface area contributed by atoms with Gasteiger partial charge in [-0.1, -0.05) is 12.1 Å². The predicted octanol–water partition coefficient (Wildman–Crippen LogP) is 1.83. The van der Waals surface area contributed by atoms with E-state index < -0.39 is 17.1 Å². The Bertz CT molecular complexity index is 498. The molecule has 1 heterocycles. The molecule has 2 amide bonds. The van der Waals surface area contributed by atoms with Crippen LogP contribution in [-0.4, -0.2) is 11.8 Å². The second-order valence-electron chi connectivity index (χ2n) is 4.69. The van der Waals surface area contributed by atoms with Crippen LogP contribution < -0.4 is 5.32 Å². The monoisotopic (exact) mass is 235 g/mol. The topological polar surface area (TPSA) is 46.2 Å². The molecule has 90 valence electrons. The van der Waals surface area contributed by atoms with Gasteiger partial charge in [0.15, 0.2) is 0 Å². The van der Waals surface area contributed by atoms with Crippen LogP contribution in [0.3, 0.4) is 0 Å². The standard InChI is InChI=1S/C13H14FNO2/c1-8-3-4-9(10(14)7-8)13(2)6-5-11(16)15-12(13)17/h3-4,7H,5-6H2,1-2H3,(H,15,16,17). The van der Waals surface area contributed by atoms with Crippen LogP contribution in [0.2, 0.25) is 0 Å². The van der Waals surface area contributed by atoms with E-state index in [1.54, 1.807) is 26.0 Å². The number of imide groups is 1. The molecule has 1 aliphatic heterocycles. The van der Waals surface area contributed by atoms with Gasteiger partial charge in [-0.15, -0.1) is 0 Å². The minimum absolute atomic E-state index is 0.246. The summed E-state index contributed by atoms with van der Waals surface area (Å²) in [5.74, 6) is -1.10. The molecule has 1 fully saturated rings. The predicted molar refractivity (Wildman–Crippen MR) is 60.9 cm³/mol. The maximum absolute atomic E-state index is 13.9. The third kappa shape index (κ3) is 1.95. The van der Waals surface area contributed by atoms with Crippen molar-refractivity contribution in [3.8, 4) is 0 Å². The smallest absolute Gasteiger partial charge is 0.237 e. The Hall–Kier alpha value is -1.71. The van der Waals surface area contributed by atoms with Gasteiger partial charge in [-0.25, -0.2) is 4.39 Å². The summed E-state index contributed by atoms with van der Waals surface area (Å²) in [6.07, 6.45) is 0.590. The number of carbonyl (C=O) groups is 2. The summed E-state index contributed by atoms with van der Waals surface area (Å²) in [4.78, 5) is 23.0. The van der Waals surface area contributed by atoms with Crippen molar-refractivity contribution in [3.63, 3.8) is 0 Å². The number of nitrogens with one attached hydrogen (secondary N) is 1. The number of halogens is 1. The van der Waals surface area contributed by atoms with Gasteiger partial charge in [0.25, 0.3) is 0 Å². The van der Waals surface area contributed by atoms with E-state index in [1.165, 1.54) is 6.07 Å². The number of rotatable bonds is 1. The van der Waals surface area contributed by atoms with Crippen LogP contribution in [0.15, 0.2) is 18.2 Å². The fourth-order valence-corrected chi connectivity index (χ4v) is 2.13. The summed E-state index contributed by atoms with van der Waals surface area (Å²) in [7, 11) is 0. The largest absolute Gasteiger partial charge is 0.296 e. The van der Waals surface area contributed by atoms with Crippen molar-refractivity contribution in [1.29, 1.82) is 0 Å². The highest BCUT2D eigenvalue weighted by Crippen LogP contribution is 2.33. The Balaban J connectivity index is 2.44. The highest BCUT2D eigenvalue weighted by molar-refractivity contribution is 6.03. The number of piperidine rings is 1. The van der Waals surface area contributed by atoms with Gasteiger partial charge >= 0.3 is 0 Å². The van der Waals surface area contributed by atoms with Crippen LogP contribution in [0.4, 0.5) is 4.39 Å². The Morgan fingerprint density at radius 1 is 1.35 bits per heavy atom. The minimum Gasteiger partial charge on any atom is -0.296 e. The summed E-state index contributed by atoms with van der Waals surface area (Å²) in [6.45, 7) is 3.46. The summed E-state index contributed by atoms with van der Waals surface area (Å²) in [5, 5.41) is 2.27. The zero-order valence-electron chi connectivity index (χ0n) is 9.84. The van der Waals surface area contributed by atoms with E-state index in [0.29, 0.717) is 12.0 Å². The number of amides is 2. The highest BCUT2D eigenvalue weighted by Gasteiger charge is 2.41. The molecule has 17 heavy (non-hydrogen) atoms. The first kappa shape index (κ1) is 11.8. The average Bonchev–Trinajstić information content (AvgIpc) is 2.24. The van der Waals surface area contributed by atoms with Crippen molar-refractivity contribution in [2.24, 2.45) is 0 Å². The Kier molecular flexibility index (Phi) is 2.73. The van der Waals surface area contributed by atoms with Gasteiger partial charge in [-0.2, -0.15) is 0 Å². The number of hydrogen-bond acceptors (Lipinski definition) is 2. The van der Waals surface area contributed by atoms with E-state index in [9.17, 15) is 14.0 Å². The Morgan fingerprint density at radius 2 is 2.06 bits per heavy atom. The molecule has 0 saturated carbocycles. The van der Waals surface area contributed by atoms with Gasteiger partial charge in [0.05, 0.1) is 5.41 Å². The van der Waals surface area contributed by atoms with Crippen molar-refractivity contribution >= 4 is 11.8 Å². The quantitative estimate of drug-likeness (QED) is 0.755. The van der Waals surface area contributed by atoms with E-state index >= 15 is 0 Å². The van der Waals surface area contributed by atoms with Crippen LogP contribution in [0, 0.1) is 12.7 Å². The third-order valence-electron chi connectivity index (χ3n) is 3.33. The molecule has 1 aliphatic rings. The molecule has 0 radical (unpaired) electrons. The number of aryl methyl sites for hydroxylation is 1. The summed E-state index contributed by atoms with van der Waals surface area (Å²) in [6, 6.07) is 4.80. The maximum atomic E-state index is 13.9. The zero-order chi connectivity index (χ0) is 12.6. The zero-order valence-corrected chi connectivity index (χ0v) is 9.84. The van der Waals surface area contributed by atoms with Crippen LogP contribution >= 0.6 is 0 Å². The molecule has 0 spiro atoms. The Morgan fingerprint density at radius 3 is 2.65 bits per heavy atom. The van der Waals surface area contributed by atoms with E-state index in [1.807, 2.05) is 0 Å². The third-order valence-corrected chi connectivity index (χ3v) is 3.33. The average molecular weight is 235 g/mol. The molecule has 4 heteroatoms. The fourth-order valence-electron chi connectivity index (χ4n) is 2.13. The van der Waals surface area contributed by atoms with Crippen LogP contribution in [0.1, 0.15) is 30.9 Å². The molecule has 1 N–H and O–H groups in total. The molecular weight excluding hydrogens is 221 g/mol. The lowest BCUT2D eigenvalue weighted by Crippen LogP contribution is -2.50. The van der Waals surface area contributed by atoms with Crippen molar-refractivity contribution in [3.05, 3.63) is 35.1 Å². The molecule has 1 aromatic rings. The van der Waals surface area contributed by atoms with E-state index in [2.05, 4.69) is 5.32 Å². The van der Waals surface area contributed by atoms with Gasteiger partial charge in [0.1, 0.15) is 5.82 Å². The van der Waals surface area contributed by atoms with Crippen molar-refractivity contribution in [2.75, 3.05) is 0 Å². The van der Waals surface area contributed by atoms with Crippen molar-refractivity contribution in [1.82, 2.24) is 5.32 Å². The normalized spacial score (nSPS) is 24.6. The second-order valence-corrected chi connectivity index (χ2v) is 4.69. The van der Waals surface area contributed by atoms with Gasteiger partial charge in [0.2, 0.25) is 11.8 Å². The number of benzene rings is 1. The lowest BCUT2D eigenvalue weighted by molar-refractivity contribution is -0.137. The maximum Gasteiger partial charge on any atom is 0.237 e.